The van der Waals surface area contributed by atoms with Crippen LogP contribution < -0.4 is 9.47 Å². The molecule has 0 aliphatic rings. The van der Waals surface area contributed by atoms with Crippen LogP contribution in [-0.2, 0) is 6.18 Å². The Hall–Kier alpha value is -3.59. The lowest BCUT2D eigenvalue weighted by atomic mass is 10.0. The van der Waals surface area contributed by atoms with Crippen LogP contribution in [0.4, 0.5) is 18.9 Å². The van der Waals surface area contributed by atoms with E-state index in [0.717, 1.165) is 17.2 Å². The van der Waals surface area contributed by atoms with E-state index in [1.807, 2.05) is 53.8 Å². The highest BCUT2D eigenvalue weighted by molar-refractivity contribution is 14.1. The molecule has 0 saturated carbocycles. The van der Waals surface area contributed by atoms with Crippen LogP contribution in [0.5, 0.6) is 17.2 Å². The SMILES string of the molecule is COc1cc(/C=C(\C#N)c2ccc(C)cc2)cc(I)c1Oc1ccc(C(F)(F)F)cc1[N+](=O)[O-]. The number of halogens is 4. The molecular weight excluding hydrogens is 564 g/mol. The number of nitrogens with zero attached hydrogens (tertiary/aromatic N) is 2. The zero-order valence-electron chi connectivity index (χ0n) is 17.8. The molecule has 3 aromatic carbocycles. The molecule has 0 fully saturated rings. The Kier molecular flexibility index (Phi) is 7.46. The summed E-state index contributed by atoms with van der Waals surface area (Å²) in [6.07, 6.45) is -3.08. The van der Waals surface area contributed by atoms with Crippen LogP contribution in [0.15, 0.2) is 54.6 Å². The van der Waals surface area contributed by atoms with Crippen LogP contribution in [0, 0.1) is 31.9 Å². The maximum atomic E-state index is 13.0. The first-order valence-corrected chi connectivity index (χ1v) is 10.7. The van der Waals surface area contributed by atoms with Gasteiger partial charge in [-0.05, 0) is 71.0 Å². The summed E-state index contributed by atoms with van der Waals surface area (Å²) in [5, 5.41) is 21.0. The van der Waals surface area contributed by atoms with Gasteiger partial charge >= 0.3 is 11.9 Å². The summed E-state index contributed by atoms with van der Waals surface area (Å²) < 4.78 is 50.4. The molecule has 0 heterocycles. The molecule has 3 aromatic rings. The van der Waals surface area contributed by atoms with E-state index >= 15 is 0 Å². The maximum Gasteiger partial charge on any atom is 0.416 e. The van der Waals surface area contributed by atoms with E-state index in [1.165, 1.54) is 7.11 Å². The van der Waals surface area contributed by atoms with Crippen molar-refractivity contribution in [3.05, 3.63) is 90.5 Å². The fraction of sp³-hybridized carbons (Fsp3) is 0.125. The van der Waals surface area contributed by atoms with Gasteiger partial charge in [-0.2, -0.15) is 18.4 Å². The number of alkyl halides is 3. The monoisotopic (exact) mass is 580 g/mol. The fourth-order valence-electron chi connectivity index (χ4n) is 3.03. The minimum absolute atomic E-state index is 0.0944. The maximum absolute atomic E-state index is 13.0. The second kappa shape index (κ2) is 10.1. The van der Waals surface area contributed by atoms with Gasteiger partial charge in [-0.3, -0.25) is 10.1 Å². The van der Waals surface area contributed by atoms with Crippen molar-refractivity contribution in [2.75, 3.05) is 7.11 Å². The molecule has 0 amide bonds. The minimum atomic E-state index is -4.74. The van der Waals surface area contributed by atoms with Gasteiger partial charge in [-0.1, -0.05) is 29.8 Å². The number of nitro groups is 1. The topological polar surface area (TPSA) is 85.4 Å². The van der Waals surface area contributed by atoms with Gasteiger partial charge in [0, 0.05) is 6.07 Å². The first-order valence-electron chi connectivity index (χ1n) is 9.63. The Bertz CT molecular complexity index is 1310. The van der Waals surface area contributed by atoms with Crippen LogP contribution >= 0.6 is 22.6 Å². The van der Waals surface area contributed by atoms with Crippen molar-refractivity contribution >= 4 is 39.9 Å². The summed E-state index contributed by atoms with van der Waals surface area (Å²) in [5.41, 5.74) is 0.799. The third kappa shape index (κ3) is 5.66. The minimum Gasteiger partial charge on any atom is -0.493 e. The first kappa shape index (κ1) is 25.0. The first-order chi connectivity index (χ1) is 16.0. The van der Waals surface area contributed by atoms with E-state index < -0.39 is 22.4 Å². The lowest BCUT2D eigenvalue weighted by molar-refractivity contribution is -0.385. The lowest BCUT2D eigenvalue weighted by Gasteiger charge is -2.14. The predicted octanol–water partition coefficient (Wildman–Crippen LogP) is 7.39. The van der Waals surface area contributed by atoms with Gasteiger partial charge in [-0.15, -0.1) is 0 Å². The number of hydrogen-bond donors (Lipinski definition) is 0. The Morgan fingerprint density at radius 3 is 2.35 bits per heavy atom. The molecule has 174 valence electrons. The number of allylic oxidation sites excluding steroid dienone is 1. The number of aryl methyl sites for hydroxylation is 1. The molecule has 3 rings (SSSR count). The molecule has 6 nitrogen and oxygen atoms in total. The van der Waals surface area contributed by atoms with Crippen LogP contribution in [0.1, 0.15) is 22.3 Å². The molecule has 0 radical (unpaired) electrons. The molecule has 0 atom stereocenters. The van der Waals surface area contributed by atoms with Crippen molar-refractivity contribution < 1.29 is 27.6 Å². The number of rotatable bonds is 6. The second-order valence-electron chi connectivity index (χ2n) is 7.11. The third-order valence-electron chi connectivity index (χ3n) is 4.74. The Morgan fingerprint density at radius 1 is 1.12 bits per heavy atom. The zero-order valence-corrected chi connectivity index (χ0v) is 20.0. The van der Waals surface area contributed by atoms with Gasteiger partial charge in [0.25, 0.3) is 0 Å². The van der Waals surface area contributed by atoms with E-state index in [0.29, 0.717) is 26.8 Å². The quantitative estimate of drug-likeness (QED) is 0.0998. The van der Waals surface area contributed by atoms with Crippen LogP contribution in [0.25, 0.3) is 11.6 Å². The van der Waals surface area contributed by atoms with Crippen molar-refractivity contribution in [3.63, 3.8) is 0 Å². The van der Waals surface area contributed by atoms with Crippen molar-refractivity contribution in [2.24, 2.45) is 0 Å². The van der Waals surface area contributed by atoms with Crippen LogP contribution in [-0.4, -0.2) is 12.0 Å². The standard InChI is InChI=1S/C24H16F3IN2O4/c1-14-3-5-16(6-4-14)17(13-29)9-15-10-19(28)23(22(11-15)33-2)34-21-8-7-18(24(25,26)27)12-20(21)30(31)32/h3-12H,1-2H3/b17-9+. The van der Waals surface area contributed by atoms with Gasteiger partial charge in [0.15, 0.2) is 11.5 Å². The molecular formula is C24H16F3IN2O4. The molecule has 0 unspecified atom stereocenters. The molecule has 34 heavy (non-hydrogen) atoms. The van der Waals surface area contributed by atoms with Gasteiger partial charge < -0.3 is 9.47 Å². The van der Waals surface area contributed by atoms with Gasteiger partial charge in [0.05, 0.1) is 32.8 Å². The van der Waals surface area contributed by atoms with Crippen molar-refractivity contribution in [1.29, 1.82) is 5.26 Å². The average molecular weight is 580 g/mol. The molecule has 0 aliphatic heterocycles. The molecule has 0 N–H and O–H groups in total. The Morgan fingerprint density at radius 2 is 1.79 bits per heavy atom. The summed E-state index contributed by atoms with van der Waals surface area (Å²) in [6, 6.07) is 14.8. The molecule has 10 heteroatoms. The highest BCUT2D eigenvalue weighted by Crippen LogP contribution is 2.42. The Balaban J connectivity index is 2.03. The van der Waals surface area contributed by atoms with Gasteiger partial charge in [0.2, 0.25) is 5.75 Å². The van der Waals surface area contributed by atoms with Crippen LogP contribution in [0.3, 0.4) is 0 Å². The highest BCUT2D eigenvalue weighted by Gasteiger charge is 2.33. The van der Waals surface area contributed by atoms with E-state index in [2.05, 4.69) is 6.07 Å². The summed E-state index contributed by atoms with van der Waals surface area (Å²) in [5.74, 6) is -0.0830. The molecule has 0 bridgehead atoms. The second-order valence-corrected chi connectivity index (χ2v) is 8.27. The van der Waals surface area contributed by atoms with E-state index in [9.17, 15) is 28.5 Å². The smallest absolute Gasteiger partial charge is 0.416 e. The van der Waals surface area contributed by atoms with Crippen molar-refractivity contribution in [1.82, 2.24) is 0 Å². The number of benzene rings is 3. The van der Waals surface area contributed by atoms with E-state index in [1.54, 1.807) is 18.2 Å². The van der Waals surface area contributed by atoms with E-state index in [-0.39, 0.29) is 17.2 Å². The summed E-state index contributed by atoms with van der Waals surface area (Å²) >= 11 is 1.92. The number of nitro benzene ring substituents is 1. The lowest BCUT2D eigenvalue weighted by Crippen LogP contribution is -2.06. The molecule has 0 aliphatic carbocycles. The number of ether oxygens (including phenoxy) is 2. The van der Waals surface area contributed by atoms with Crippen LogP contribution in [0.2, 0.25) is 0 Å². The molecule has 0 saturated heterocycles. The van der Waals surface area contributed by atoms with Crippen molar-refractivity contribution in [3.8, 4) is 23.3 Å². The van der Waals surface area contributed by atoms with Crippen molar-refractivity contribution in [2.45, 2.75) is 13.1 Å². The van der Waals surface area contributed by atoms with Gasteiger partial charge in [0.1, 0.15) is 0 Å². The van der Waals surface area contributed by atoms with E-state index in [4.69, 9.17) is 9.47 Å². The number of hydrogen-bond acceptors (Lipinski definition) is 5. The zero-order chi connectivity index (χ0) is 25.0. The molecule has 0 aromatic heterocycles. The highest BCUT2D eigenvalue weighted by atomic mass is 127. The predicted molar refractivity (Wildman–Crippen MR) is 129 cm³/mol. The number of methoxy groups -OCH3 is 1. The fourth-order valence-corrected chi connectivity index (χ4v) is 3.77. The summed E-state index contributed by atoms with van der Waals surface area (Å²) in [7, 11) is 1.36. The average Bonchev–Trinajstić information content (AvgIpc) is 2.78. The normalized spacial score (nSPS) is 11.6. The summed E-state index contributed by atoms with van der Waals surface area (Å²) in [6.45, 7) is 1.94. The third-order valence-corrected chi connectivity index (χ3v) is 5.54. The Labute approximate surface area is 206 Å². The summed E-state index contributed by atoms with van der Waals surface area (Å²) in [4.78, 5) is 10.4. The largest absolute Gasteiger partial charge is 0.493 e. The number of nitriles is 1. The van der Waals surface area contributed by atoms with Gasteiger partial charge in [-0.25, -0.2) is 0 Å². The molecule has 0 spiro atoms.